The van der Waals surface area contributed by atoms with E-state index in [2.05, 4.69) is 5.32 Å². The smallest absolute Gasteiger partial charge is 0.340 e. The van der Waals surface area contributed by atoms with Gasteiger partial charge in [0, 0.05) is 29.5 Å². The average Bonchev–Trinajstić information content (AvgIpc) is 2.77. The summed E-state index contributed by atoms with van der Waals surface area (Å²) in [4.78, 5) is 37.3. The molecule has 168 valence electrons. The van der Waals surface area contributed by atoms with Crippen molar-refractivity contribution in [3.05, 3.63) is 63.0 Å². The van der Waals surface area contributed by atoms with Gasteiger partial charge in [0.2, 0.25) is 5.91 Å². The van der Waals surface area contributed by atoms with E-state index in [4.69, 9.17) is 18.6 Å². The number of rotatable bonds is 7. The number of hydrogen-bond acceptors (Lipinski definition) is 7. The molecule has 0 spiro atoms. The van der Waals surface area contributed by atoms with E-state index in [1.54, 1.807) is 0 Å². The van der Waals surface area contributed by atoms with Gasteiger partial charge in [0.1, 0.15) is 5.58 Å². The molecule has 0 radical (unpaired) electrons. The number of benzene rings is 2. The average molecular weight is 439 g/mol. The highest BCUT2D eigenvalue weighted by atomic mass is 16.5. The lowest BCUT2D eigenvalue weighted by Gasteiger charge is -2.15. The molecular weight excluding hydrogens is 414 g/mol. The minimum absolute atomic E-state index is 0.0118. The molecule has 1 aromatic heterocycles. The first-order valence-corrected chi connectivity index (χ1v) is 9.96. The van der Waals surface area contributed by atoms with Crippen LogP contribution in [-0.4, -0.2) is 33.2 Å². The van der Waals surface area contributed by atoms with Gasteiger partial charge in [0.25, 0.3) is 0 Å². The van der Waals surface area contributed by atoms with Crippen molar-refractivity contribution in [2.24, 2.45) is 0 Å². The molecule has 0 saturated heterocycles. The van der Waals surface area contributed by atoms with Gasteiger partial charge in [-0.1, -0.05) is 12.1 Å². The Morgan fingerprint density at radius 3 is 2.34 bits per heavy atom. The van der Waals surface area contributed by atoms with E-state index in [1.807, 2.05) is 32.0 Å². The Labute approximate surface area is 185 Å². The minimum atomic E-state index is -0.637. The first-order chi connectivity index (χ1) is 15.3. The Kier molecular flexibility index (Phi) is 6.82. The molecule has 1 heterocycles. The first-order valence-electron chi connectivity index (χ1n) is 9.96. The fourth-order valence-electron chi connectivity index (χ4n) is 3.50. The number of methoxy groups -OCH3 is 3. The highest BCUT2D eigenvalue weighted by Crippen LogP contribution is 2.34. The Balaban J connectivity index is 1.84. The van der Waals surface area contributed by atoms with Crippen LogP contribution in [0, 0.1) is 13.8 Å². The number of anilines is 1. The van der Waals surface area contributed by atoms with Crippen LogP contribution in [0.25, 0.3) is 11.0 Å². The van der Waals surface area contributed by atoms with Crippen LogP contribution in [0.5, 0.6) is 11.5 Å². The molecule has 2 aromatic carbocycles. The van der Waals surface area contributed by atoms with Gasteiger partial charge in [-0.3, -0.25) is 4.79 Å². The molecule has 0 aliphatic rings. The molecule has 0 atom stereocenters. The summed E-state index contributed by atoms with van der Waals surface area (Å²) in [7, 11) is 4.13. The maximum Gasteiger partial charge on any atom is 0.340 e. The third-order valence-electron chi connectivity index (χ3n) is 5.25. The molecule has 0 bridgehead atoms. The summed E-state index contributed by atoms with van der Waals surface area (Å²) in [5, 5.41) is 3.53. The number of hydrogen-bond donors (Lipinski definition) is 1. The number of carbonyl (C=O) groups excluding carboxylic acids is 2. The normalized spacial score (nSPS) is 10.7. The number of ether oxygens (including phenoxy) is 3. The van der Waals surface area contributed by atoms with Crippen LogP contribution in [0.15, 0.2) is 39.5 Å². The molecule has 0 saturated carbocycles. The number of fused-ring (bicyclic) bond motifs is 1. The second kappa shape index (κ2) is 9.55. The van der Waals surface area contributed by atoms with Crippen molar-refractivity contribution in [2.75, 3.05) is 26.6 Å². The highest BCUT2D eigenvalue weighted by Gasteiger charge is 2.20. The Morgan fingerprint density at radius 2 is 1.69 bits per heavy atom. The van der Waals surface area contributed by atoms with Crippen LogP contribution < -0.4 is 20.4 Å². The molecule has 1 amide bonds. The van der Waals surface area contributed by atoms with Gasteiger partial charge in [-0.25, -0.2) is 9.59 Å². The Morgan fingerprint density at radius 1 is 1.00 bits per heavy atom. The van der Waals surface area contributed by atoms with Gasteiger partial charge < -0.3 is 23.9 Å². The van der Waals surface area contributed by atoms with Crippen LogP contribution in [0.4, 0.5) is 5.69 Å². The second-order valence-corrected chi connectivity index (χ2v) is 7.29. The van der Waals surface area contributed by atoms with E-state index in [1.165, 1.54) is 33.5 Å². The Bertz CT molecular complexity index is 1240. The van der Waals surface area contributed by atoms with Crippen LogP contribution in [0.2, 0.25) is 0 Å². The fourth-order valence-corrected chi connectivity index (χ4v) is 3.50. The molecule has 3 rings (SSSR count). The summed E-state index contributed by atoms with van der Waals surface area (Å²) >= 11 is 0. The monoisotopic (exact) mass is 439 g/mol. The lowest BCUT2D eigenvalue weighted by atomic mass is 10.0. The lowest BCUT2D eigenvalue weighted by Crippen LogP contribution is -2.18. The zero-order valence-electron chi connectivity index (χ0n) is 18.7. The van der Waals surface area contributed by atoms with Gasteiger partial charge >= 0.3 is 11.6 Å². The predicted octanol–water partition coefficient (Wildman–Crippen LogP) is 3.78. The van der Waals surface area contributed by atoms with Crippen molar-refractivity contribution in [2.45, 2.75) is 26.7 Å². The van der Waals surface area contributed by atoms with Crippen LogP contribution in [-0.2, 0) is 16.0 Å². The zero-order chi connectivity index (χ0) is 23.4. The molecule has 8 heteroatoms. The van der Waals surface area contributed by atoms with Crippen molar-refractivity contribution in [1.82, 2.24) is 0 Å². The largest absolute Gasteiger partial charge is 0.493 e. The minimum Gasteiger partial charge on any atom is -0.493 e. The molecule has 32 heavy (non-hydrogen) atoms. The van der Waals surface area contributed by atoms with Crippen LogP contribution in [0.3, 0.4) is 0 Å². The second-order valence-electron chi connectivity index (χ2n) is 7.29. The highest BCUT2D eigenvalue weighted by molar-refractivity contribution is 6.02. The number of aryl methyl sites for hydroxylation is 2. The third kappa shape index (κ3) is 4.59. The molecule has 8 nitrogen and oxygen atoms in total. The van der Waals surface area contributed by atoms with E-state index in [0.29, 0.717) is 22.6 Å². The molecule has 0 aliphatic carbocycles. The molecule has 0 aliphatic heterocycles. The van der Waals surface area contributed by atoms with Crippen LogP contribution >= 0.6 is 0 Å². The fraction of sp³-hybridized carbons (Fsp3) is 0.292. The quantitative estimate of drug-likeness (QED) is 0.441. The summed E-state index contributed by atoms with van der Waals surface area (Å²) < 4.78 is 20.7. The maximum absolute atomic E-state index is 12.7. The van der Waals surface area contributed by atoms with E-state index in [0.717, 1.165) is 16.5 Å². The first kappa shape index (κ1) is 22.9. The molecule has 0 fully saturated rings. The number of amides is 1. The maximum atomic E-state index is 12.7. The van der Waals surface area contributed by atoms with Gasteiger partial charge in [-0.15, -0.1) is 0 Å². The predicted molar refractivity (Wildman–Crippen MR) is 120 cm³/mol. The topological polar surface area (TPSA) is 104 Å². The van der Waals surface area contributed by atoms with Crippen molar-refractivity contribution in [3.8, 4) is 11.5 Å². The third-order valence-corrected chi connectivity index (χ3v) is 5.25. The summed E-state index contributed by atoms with van der Waals surface area (Å²) in [6.45, 7) is 3.76. The summed E-state index contributed by atoms with van der Waals surface area (Å²) in [5.41, 5.74) is 2.61. The van der Waals surface area contributed by atoms with E-state index in [-0.39, 0.29) is 30.0 Å². The number of carbonyl (C=O) groups is 2. The molecule has 3 aromatic rings. The standard InChI is InChI=1S/C24H25NO7/c1-13-6-7-15-14(2)16(24(28)32-19(15)10-13)8-9-22(26)25-18-12-21(30-4)20(29-3)11-17(18)23(27)31-5/h6-7,10-12H,8-9H2,1-5H3,(H,25,26). The van der Waals surface area contributed by atoms with E-state index >= 15 is 0 Å². The molecule has 1 N–H and O–H groups in total. The van der Waals surface area contributed by atoms with Crippen LogP contribution in [0.1, 0.15) is 33.5 Å². The van der Waals surface area contributed by atoms with Gasteiger partial charge in [0.15, 0.2) is 11.5 Å². The van der Waals surface area contributed by atoms with Crippen molar-refractivity contribution >= 4 is 28.5 Å². The summed E-state index contributed by atoms with van der Waals surface area (Å²) in [6.07, 6.45) is 0.197. The number of esters is 1. The van der Waals surface area contributed by atoms with E-state index < -0.39 is 11.6 Å². The van der Waals surface area contributed by atoms with Gasteiger partial charge in [-0.2, -0.15) is 0 Å². The lowest BCUT2D eigenvalue weighted by molar-refractivity contribution is -0.116. The van der Waals surface area contributed by atoms with Crippen molar-refractivity contribution in [3.63, 3.8) is 0 Å². The molecular formula is C24H25NO7. The van der Waals surface area contributed by atoms with Gasteiger partial charge in [-0.05, 0) is 37.5 Å². The van der Waals surface area contributed by atoms with Crippen molar-refractivity contribution < 1.29 is 28.2 Å². The summed E-state index contributed by atoms with van der Waals surface area (Å²) in [5.74, 6) is -0.352. The summed E-state index contributed by atoms with van der Waals surface area (Å²) in [6, 6.07) is 8.58. The SMILES string of the molecule is COC(=O)c1cc(OC)c(OC)cc1NC(=O)CCc1c(C)c2ccc(C)cc2oc1=O. The van der Waals surface area contributed by atoms with Crippen molar-refractivity contribution in [1.29, 1.82) is 0 Å². The van der Waals surface area contributed by atoms with Gasteiger partial charge in [0.05, 0.1) is 32.6 Å². The zero-order valence-corrected chi connectivity index (χ0v) is 18.7. The number of nitrogens with one attached hydrogen (secondary N) is 1. The Hall–Kier alpha value is -3.81. The van der Waals surface area contributed by atoms with E-state index in [9.17, 15) is 14.4 Å². The molecule has 0 unspecified atom stereocenters.